The minimum atomic E-state index is 0.508. The molecule has 0 saturated heterocycles. The van der Waals surface area contributed by atoms with E-state index in [-0.39, 0.29) is 0 Å². The highest BCUT2D eigenvalue weighted by Crippen LogP contribution is 2.16. The quantitative estimate of drug-likeness (QED) is 0.632. The molecule has 0 atom stereocenters. The first-order chi connectivity index (χ1) is 5.92. The Kier molecular flexibility index (Phi) is 1.48. The van der Waals surface area contributed by atoms with E-state index in [2.05, 4.69) is 20.5 Å². The number of carbonyl (C=O) groups excluding carboxylic acids is 1. The highest BCUT2D eigenvalue weighted by atomic mass is 16.1. The number of anilines is 1. The maximum absolute atomic E-state index is 10.1. The van der Waals surface area contributed by atoms with Crippen LogP contribution < -0.4 is 5.32 Å². The Morgan fingerprint density at radius 1 is 1.58 bits per heavy atom. The van der Waals surface area contributed by atoms with Crippen molar-refractivity contribution < 1.29 is 4.79 Å². The Balaban J connectivity index is 2.62. The lowest BCUT2D eigenvalue weighted by molar-refractivity contribution is -0.105. The van der Waals surface area contributed by atoms with Gasteiger partial charge >= 0.3 is 0 Å². The van der Waals surface area contributed by atoms with E-state index in [9.17, 15) is 4.79 Å². The molecule has 2 heterocycles. The van der Waals surface area contributed by atoms with Gasteiger partial charge in [0.1, 0.15) is 0 Å². The van der Waals surface area contributed by atoms with E-state index < -0.39 is 0 Å². The predicted molar refractivity (Wildman–Crippen MR) is 43.6 cm³/mol. The lowest BCUT2D eigenvalue weighted by atomic mass is 10.3. The summed E-state index contributed by atoms with van der Waals surface area (Å²) in [5.41, 5.74) is 0.668. The van der Waals surface area contributed by atoms with Gasteiger partial charge in [0.15, 0.2) is 11.5 Å². The summed E-state index contributed by atoms with van der Waals surface area (Å²) in [6, 6.07) is 3.62. The number of amides is 1. The fourth-order valence-electron chi connectivity index (χ4n) is 1.02. The van der Waals surface area contributed by atoms with E-state index in [1.54, 1.807) is 12.3 Å². The molecule has 2 aromatic heterocycles. The van der Waals surface area contributed by atoms with E-state index in [0.29, 0.717) is 17.9 Å². The van der Waals surface area contributed by atoms with Crippen LogP contribution in [0.5, 0.6) is 0 Å². The van der Waals surface area contributed by atoms with Crippen molar-refractivity contribution in [2.45, 2.75) is 0 Å². The first kappa shape index (κ1) is 6.78. The summed E-state index contributed by atoms with van der Waals surface area (Å²) in [7, 11) is 0. The number of rotatable bonds is 2. The van der Waals surface area contributed by atoms with E-state index in [1.807, 2.05) is 6.07 Å². The third kappa shape index (κ3) is 0.914. The lowest BCUT2D eigenvalue weighted by Crippen LogP contribution is -1.93. The summed E-state index contributed by atoms with van der Waals surface area (Å²) in [5.74, 6) is 0.508. The van der Waals surface area contributed by atoms with Crippen LogP contribution in [-0.2, 0) is 4.79 Å². The molecule has 0 aliphatic rings. The van der Waals surface area contributed by atoms with Gasteiger partial charge in [-0.2, -0.15) is 5.10 Å². The number of pyridine rings is 1. The average Bonchev–Trinajstić information content (AvgIpc) is 2.50. The second kappa shape index (κ2) is 2.61. The number of carbonyl (C=O) groups is 1. The number of aromatic amines is 1. The zero-order chi connectivity index (χ0) is 8.39. The zero-order valence-corrected chi connectivity index (χ0v) is 6.11. The minimum absolute atomic E-state index is 0.508. The summed E-state index contributed by atoms with van der Waals surface area (Å²) in [6.07, 6.45) is 2.24. The normalized spacial score (nSPS) is 10.0. The second-order valence-corrected chi connectivity index (χ2v) is 2.23. The largest absolute Gasteiger partial charge is 0.311 e. The highest BCUT2D eigenvalue weighted by Gasteiger charge is 2.02. The highest BCUT2D eigenvalue weighted by molar-refractivity contribution is 5.91. The fraction of sp³-hybridized carbons (Fsp3) is 0. The molecule has 2 rings (SSSR count). The van der Waals surface area contributed by atoms with Gasteiger partial charge in [0.2, 0.25) is 6.41 Å². The number of hydrogen-bond acceptors (Lipinski definition) is 3. The molecule has 0 unspecified atom stereocenters. The molecule has 0 radical (unpaired) electrons. The molecule has 0 aliphatic carbocycles. The van der Waals surface area contributed by atoms with E-state index in [0.717, 1.165) is 5.39 Å². The Hall–Kier alpha value is -1.91. The molecule has 2 aromatic rings. The number of nitrogens with zero attached hydrogens (tertiary/aromatic N) is 2. The predicted octanol–water partition coefficient (Wildman–Crippen LogP) is 0.526. The van der Waals surface area contributed by atoms with Crippen LogP contribution in [0.4, 0.5) is 5.82 Å². The molecule has 0 saturated carbocycles. The first-order valence-corrected chi connectivity index (χ1v) is 3.41. The smallest absolute Gasteiger partial charge is 0.212 e. The van der Waals surface area contributed by atoms with Crippen molar-refractivity contribution >= 4 is 23.3 Å². The van der Waals surface area contributed by atoms with Crippen LogP contribution in [0.25, 0.3) is 11.0 Å². The molecule has 0 bridgehead atoms. The van der Waals surface area contributed by atoms with Crippen molar-refractivity contribution in [1.82, 2.24) is 15.2 Å². The van der Waals surface area contributed by atoms with Crippen molar-refractivity contribution in [3.05, 3.63) is 18.3 Å². The van der Waals surface area contributed by atoms with E-state index >= 15 is 0 Å². The van der Waals surface area contributed by atoms with Crippen LogP contribution in [-0.4, -0.2) is 21.6 Å². The number of aromatic nitrogens is 3. The van der Waals surface area contributed by atoms with Crippen LogP contribution >= 0.6 is 0 Å². The Labute approximate surface area is 67.8 Å². The van der Waals surface area contributed by atoms with Gasteiger partial charge in [-0.1, -0.05) is 0 Å². The monoisotopic (exact) mass is 162 g/mol. The third-order valence-corrected chi connectivity index (χ3v) is 1.53. The van der Waals surface area contributed by atoms with Gasteiger partial charge in [0.05, 0.1) is 5.39 Å². The van der Waals surface area contributed by atoms with Gasteiger partial charge in [-0.3, -0.25) is 9.89 Å². The molecule has 0 fully saturated rings. The van der Waals surface area contributed by atoms with Gasteiger partial charge < -0.3 is 5.32 Å². The van der Waals surface area contributed by atoms with Crippen molar-refractivity contribution in [2.75, 3.05) is 5.32 Å². The van der Waals surface area contributed by atoms with Crippen LogP contribution in [0.15, 0.2) is 18.3 Å². The van der Waals surface area contributed by atoms with Crippen molar-refractivity contribution in [2.24, 2.45) is 0 Å². The van der Waals surface area contributed by atoms with Crippen LogP contribution in [0.2, 0.25) is 0 Å². The summed E-state index contributed by atoms with van der Waals surface area (Å²) in [6.45, 7) is 0. The Morgan fingerprint density at radius 3 is 3.33 bits per heavy atom. The topological polar surface area (TPSA) is 70.7 Å². The molecule has 0 aliphatic heterocycles. The molecule has 2 N–H and O–H groups in total. The average molecular weight is 162 g/mol. The Morgan fingerprint density at radius 2 is 2.50 bits per heavy atom. The van der Waals surface area contributed by atoms with Gasteiger partial charge in [-0.25, -0.2) is 4.98 Å². The SMILES string of the molecule is O=CNc1n[nH]c2ncccc12. The molecular formula is C7H6N4O. The fourth-order valence-corrected chi connectivity index (χ4v) is 1.02. The van der Waals surface area contributed by atoms with Gasteiger partial charge in [-0.05, 0) is 12.1 Å². The standard InChI is InChI=1S/C7H6N4O/c12-4-9-7-5-2-1-3-8-6(5)10-11-7/h1-4H,(H2,8,9,10,11,12). The molecule has 60 valence electrons. The molecule has 5 nitrogen and oxygen atoms in total. The van der Waals surface area contributed by atoms with Crippen LogP contribution in [0.1, 0.15) is 0 Å². The number of H-pyrrole nitrogens is 1. The second-order valence-electron chi connectivity index (χ2n) is 2.23. The minimum Gasteiger partial charge on any atom is -0.311 e. The van der Waals surface area contributed by atoms with Crippen molar-refractivity contribution in [1.29, 1.82) is 0 Å². The molecular weight excluding hydrogens is 156 g/mol. The van der Waals surface area contributed by atoms with Gasteiger partial charge in [-0.15, -0.1) is 0 Å². The van der Waals surface area contributed by atoms with Crippen LogP contribution in [0, 0.1) is 0 Å². The van der Waals surface area contributed by atoms with Crippen molar-refractivity contribution in [3.8, 4) is 0 Å². The van der Waals surface area contributed by atoms with E-state index in [1.165, 1.54) is 0 Å². The molecule has 0 spiro atoms. The lowest BCUT2D eigenvalue weighted by Gasteiger charge is -1.89. The summed E-state index contributed by atoms with van der Waals surface area (Å²) in [5, 5.41) is 9.82. The van der Waals surface area contributed by atoms with Crippen LogP contribution in [0.3, 0.4) is 0 Å². The molecule has 0 aromatic carbocycles. The first-order valence-electron chi connectivity index (χ1n) is 3.41. The number of nitrogens with one attached hydrogen (secondary N) is 2. The molecule has 1 amide bonds. The molecule has 12 heavy (non-hydrogen) atoms. The third-order valence-electron chi connectivity index (χ3n) is 1.53. The maximum atomic E-state index is 10.1. The van der Waals surface area contributed by atoms with Crippen molar-refractivity contribution in [3.63, 3.8) is 0 Å². The summed E-state index contributed by atoms with van der Waals surface area (Å²) in [4.78, 5) is 14.1. The Bertz CT molecular complexity index is 408. The maximum Gasteiger partial charge on any atom is 0.212 e. The number of hydrogen-bond donors (Lipinski definition) is 2. The molecule has 5 heteroatoms. The summed E-state index contributed by atoms with van der Waals surface area (Å²) >= 11 is 0. The number of fused-ring (bicyclic) bond motifs is 1. The summed E-state index contributed by atoms with van der Waals surface area (Å²) < 4.78 is 0. The van der Waals surface area contributed by atoms with Gasteiger partial charge in [0.25, 0.3) is 0 Å². The van der Waals surface area contributed by atoms with Gasteiger partial charge in [0, 0.05) is 6.20 Å². The zero-order valence-electron chi connectivity index (χ0n) is 6.11. The van der Waals surface area contributed by atoms with E-state index in [4.69, 9.17) is 0 Å².